The molecule has 0 bridgehead atoms. The first kappa shape index (κ1) is 27.2. The molecular weight excluding hydrogens is 447 g/mol. The molecule has 0 atom stereocenters. The van der Waals surface area contributed by atoms with Gasteiger partial charge in [0.15, 0.2) is 0 Å². The minimum absolute atomic E-state index is 0.251. The highest BCUT2D eigenvalue weighted by Crippen LogP contribution is 2.30. The van der Waals surface area contributed by atoms with Crippen LogP contribution in [0.2, 0.25) is 0 Å². The molecule has 4 rings (SSSR count). The number of allylic oxidation sites excluding steroid dienone is 4. The molecule has 1 saturated heterocycles. The average Bonchev–Trinajstić information content (AvgIpc) is 3.43. The fourth-order valence-corrected chi connectivity index (χ4v) is 4.68. The van der Waals surface area contributed by atoms with Crippen LogP contribution in [0.3, 0.4) is 0 Å². The van der Waals surface area contributed by atoms with E-state index in [0.29, 0.717) is 5.92 Å². The number of hydrogen-bond donors (Lipinski definition) is 3. The first-order valence-corrected chi connectivity index (χ1v) is 12.8. The van der Waals surface area contributed by atoms with Crippen LogP contribution in [0.4, 0.5) is 4.39 Å². The van der Waals surface area contributed by atoms with E-state index in [1.165, 1.54) is 24.5 Å². The highest BCUT2D eigenvalue weighted by molar-refractivity contribution is 5.84. The summed E-state index contributed by atoms with van der Waals surface area (Å²) in [5.74, 6) is 0.377. The van der Waals surface area contributed by atoms with Crippen molar-refractivity contribution in [2.24, 2.45) is 5.92 Å². The Morgan fingerprint density at radius 1 is 1.08 bits per heavy atom. The van der Waals surface area contributed by atoms with Crippen molar-refractivity contribution in [3.63, 3.8) is 0 Å². The van der Waals surface area contributed by atoms with Gasteiger partial charge in [0.25, 0.3) is 0 Å². The van der Waals surface area contributed by atoms with Crippen LogP contribution in [0.15, 0.2) is 54.6 Å². The van der Waals surface area contributed by atoms with E-state index in [0.717, 1.165) is 63.0 Å². The summed E-state index contributed by atoms with van der Waals surface area (Å²) in [5.41, 5.74) is 7.59. The number of aryl methyl sites for hydroxylation is 2. The number of halogens is 1. The molecule has 5 heteroatoms. The van der Waals surface area contributed by atoms with Crippen LogP contribution in [-0.4, -0.2) is 28.3 Å². The van der Waals surface area contributed by atoms with Crippen molar-refractivity contribution >= 4 is 18.2 Å². The van der Waals surface area contributed by atoms with Crippen LogP contribution in [0.1, 0.15) is 56.0 Å². The summed E-state index contributed by atoms with van der Waals surface area (Å²) in [5, 5.41) is 12.8. The van der Waals surface area contributed by atoms with E-state index in [1.807, 2.05) is 39.8 Å². The van der Waals surface area contributed by atoms with Crippen molar-refractivity contribution in [3.8, 4) is 11.4 Å². The third-order valence-corrected chi connectivity index (χ3v) is 6.59. The smallest absolute Gasteiger partial charge is 0.124 e. The normalized spacial score (nSPS) is 15.6. The minimum atomic E-state index is -0.251. The number of aromatic amines is 2. The molecule has 0 unspecified atom stereocenters. The second-order valence-electron chi connectivity index (χ2n) is 9.12. The quantitative estimate of drug-likeness (QED) is 0.378. The Balaban J connectivity index is 0.00000176. The summed E-state index contributed by atoms with van der Waals surface area (Å²) >= 11 is 0. The van der Waals surface area contributed by atoms with Crippen molar-refractivity contribution in [2.75, 3.05) is 13.1 Å². The molecule has 0 spiro atoms. The van der Waals surface area contributed by atoms with E-state index in [-0.39, 0.29) is 5.82 Å². The molecule has 1 fully saturated rings. The van der Waals surface area contributed by atoms with Crippen LogP contribution >= 0.6 is 0 Å². The van der Waals surface area contributed by atoms with E-state index >= 15 is 0 Å². The lowest BCUT2D eigenvalue weighted by molar-refractivity contribution is 0.420. The molecule has 0 aliphatic carbocycles. The first-order valence-electron chi connectivity index (χ1n) is 12.8. The van der Waals surface area contributed by atoms with E-state index in [4.69, 9.17) is 0 Å². The summed E-state index contributed by atoms with van der Waals surface area (Å²) in [4.78, 5) is 3.44. The number of benzene rings is 1. The van der Waals surface area contributed by atoms with Gasteiger partial charge in [0.05, 0.1) is 11.0 Å². The number of hydrogen-bond acceptors (Lipinski definition) is 2. The highest BCUT2D eigenvalue weighted by atomic mass is 19.1. The SMILES string of the molecule is C=C/C=C(/c1cc(C)cc(F)c1)c1cc(-c2n[nH]/c(=C/C=C(\C)C3CCNCC3)c2=C)[nH]c1C.CC. The largest absolute Gasteiger partial charge is 0.357 e. The predicted molar refractivity (Wildman–Crippen MR) is 151 cm³/mol. The Labute approximate surface area is 214 Å². The van der Waals surface area contributed by atoms with E-state index in [1.54, 1.807) is 12.1 Å². The Morgan fingerprint density at radius 3 is 2.47 bits per heavy atom. The van der Waals surface area contributed by atoms with Crippen LogP contribution in [0.25, 0.3) is 29.6 Å². The fraction of sp³-hybridized carbons (Fsp3) is 0.323. The maximum atomic E-state index is 14.1. The lowest BCUT2D eigenvalue weighted by Crippen LogP contribution is -2.28. The summed E-state index contributed by atoms with van der Waals surface area (Å²) < 4.78 is 14.1. The van der Waals surface area contributed by atoms with Crippen molar-refractivity contribution < 1.29 is 4.39 Å². The second-order valence-corrected chi connectivity index (χ2v) is 9.12. The molecule has 3 aromatic rings. The molecule has 3 N–H and O–H groups in total. The molecule has 1 aromatic carbocycles. The minimum Gasteiger partial charge on any atom is -0.357 e. The Morgan fingerprint density at radius 2 is 1.81 bits per heavy atom. The van der Waals surface area contributed by atoms with Crippen LogP contribution in [0.5, 0.6) is 0 Å². The van der Waals surface area contributed by atoms with Crippen LogP contribution in [-0.2, 0) is 0 Å². The van der Waals surface area contributed by atoms with E-state index in [9.17, 15) is 4.39 Å². The zero-order chi connectivity index (χ0) is 26.2. The molecule has 1 aliphatic heterocycles. The molecule has 0 radical (unpaired) electrons. The van der Waals surface area contributed by atoms with Crippen molar-refractivity contribution in [3.05, 3.63) is 93.4 Å². The average molecular weight is 487 g/mol. The Kier molecular flexibility index (Phi) is 9.43. The number of nitrogens with one attached hydrogen (secondary N) is 3. The van der Waals surface area contributed by atoms with Gasteiger partial charge in [-0.1, -0.05) is 56.9 Å². The topological polar surface area (TPSA) is 56.5 Å². The maximum absolute atomic E-state index is 14.1. The molecule has 4 nitrogen and oxygen atoms in total. The number of nitrogens with zero attached hydrogens (tertiary/aromatic N) is 1. The van der Waals surface area contributed by atoms with Crippen molar-refractivity contribution in [1.29, 1.82) is 0 Å². The summed E-state index contributed by atoms with van der Waals surface area (Å²) in [6.45, 7) is 20.4. The van der Waals surface area contributed by atoms with Gasteiger partial charge >= 0.3 is 0 Å². The maximum Gasteiger partial charge on any atom is 0.124 e. The van der Waals surface area contributed by atoms with Gasteiger partial charge < -0.3 is 10.3 Å². The zero-order valence-corrected chi connectivity index (χ0v) is 22.3. The van der Waals surface area contributed by atoms with Crippen LogP contribution in [0, 0.1) is 25.6 Å². The molecule has 3 heterocycles. The molecule has 2 aromatic heterocycles. The lowest BCUT2D eigenvalue weighted by atomic mass is 9.91. The standard InChI is InChI=1S/C29H33FN4.C2H6/c1-6-7-25(23-14-18(2)15-24(30)16-23)26-17-28(32-21(26)5)29-20(4)27(33-34-29)9-8-19(3)22-10-12-31-13-11-22;1-2/h6-9,14-17,22,31-33H,1,4,10-13H2,2-3,5H3;1-2H3/b19-8+,25-7-,27-9+;. The number of piperidine rings is 1. The predicted octanol–water partition coefficient (Wildman–Crippen LogP) is 5.94. The monoisotopic (exact) mass is 486 g/mol. The van der Waals surface area contributed by atoms with Gasteiger partial charge in [-0.3, -0.25) is 5.10 Å². The molecular formula is C31H39FN4. The summed E-state index contributed by atoms with van der Waals surface area (Å²) in [6, 6.07) is 7.12. The van der Waals surface area contributed by atoms with Gasteiger partial charge in [0.1, 0.15) is 11.5 Å². The number of H-pyrrole nitrogens is 2. The molecule has 1 aliphatic rings. The molecule has 190 valence electrons. The van der Waals surface area contributed by atoms with E-state index < -0.39 is 0 Å². The van der Waals surface area contributed by atoms with Gasteiger partial charge in [-0.2, -0.15) is 5.10 Å². The van der Waals surface area contributed by atoms with Crippen LogP contribution < -0.4 is 15.9 Å². The lowest BCUT2D eigenvalue weighted by Gasteiger charge is -2.23. The van der Waals surface area contributed by atoms with Gasteiger partial charge in [0.2, 0.25) is 0 Å². The third-order valence-electron chi connectivity index (χ3n) is 6.59. The van der Waals surface area contributed by atoms with Gasteiger partial charge in [-0.25, -0.2) is 4.39 Å². The first-order chi connectivity index (χ1) is 17.4. The molecule has 0 amide bonds. The van der Waals surface area contributed by atoms with Crippen molar-refractivity contribution in [2.45, 2.75) is 47.5 Å². The Hall–Kier alpha value is -3.44. The summed E-state index contributed by atoms with van der Waals surface area (Å²) in [7, 11) is 0. The summed E-state index contributed by atoms with van der Waals surface area (Å²) in [6.07, 6.45) is 10.3. The Bertz CT molecular complexity index is 1340. The number of aromatic nitrogens is 3. The molecule has 36 heavy (non-hydrogen) atoms. The number of rotatable bonds is 6. The van der Waals surface area contributed by atoms with Gasteiger partial charge in [-0.05, 0) is 93.6 Å². The van der Waals surface area contributed by atoms with Gasteiger partial charge in [0, 0.05) is 16.5 Å². The fourth-order valence-electron chi connectivity index (χ4n) is 4.68. The molecule has 0 saturated carbocycles. The third kappa shape index (κ3) is 6.21. The second kappa shape index (κ2) is 12.5. The van der Waals surface area contributed by atoms with E-state index in [2.05, 4.69) is 58.8 Å². The van der Waals surface area contributed by atoms with Crippen molar-refractivity contribution in [1.82, 2.24) is 20.5 Å². The van der Waals surface area contributed by atoms with Gasteiger partial charge in [-0.15, -0.1) is 0 Å². The highest BCUT2D eigenvalue weighted by Gasteiger charge is 2.16. The zero-order valence-electron chi connectivity index (χ0n) is 22.3.